The Hall–Kier alpha value is -0.603. The van der Waals surface area contributed by atoms with Crippen molar-refractivity contribution in [1.29, 1.82) is 0 Å². The van der Waals surface area contributed by atoms with Gasteiger partial charge in [0.2, 0.25) is 0 Å². The highest BCUT2D eigenvalue weighted by atomic mass is 28.2. The lowest BCUT2D eigenvalue weighted by molar-refractivity contribution is 0.336. The molecule has 66 valence electrons. The molecule has 0 saturated carbocycles. The van der Waals surface area contributed by atoms with Gasteiger partial charge in [-0.25, -0.2) is 0 Å². The van der Waals surface area contributed by atoms with E-state index < -0.39 is 0 Å². The summed E-state index contributed by atoms with van der Waals surface area (Å²) in [5.74, 6) is 0. The molecule has 0 saturated heterocycles. The number of unbranched alkanes of at least 4 members (excludes halogenated alkanes) is 1. The van der Waals surface area contributed by atoms with Gasteiger partial charge in [0.25, 0.3) is 0 Å². The fourth-order valence-corrected chi connectivity index (χ4v) is 1.51. The molecule has 1 nitrogen and oxygen atoms in total. The molecule has 0 fully saturated rings. The molecule has 0 bridgehead atoms. The highest BCUT2D eigenvalue weighted by Crippen LogP contribution is 2.03. The van der Waals surface area contributed by atoms with Crippen LogP contribution in [0.5, 0.6) is 0 Å². The largest absolute Gasteiger partial charge is 0.428 e. The van der Waals surface area contributed by atoms with Gasteiger partial charge in [0.05, 0.1) is 0 Å². The maximum absolute atomic E-state index is 5.12. The normalized spacial score (nSPS) is 10.3. The molecular weight excluding hydrogens is 164 g/mol. The molecule has 0 aliphatic heterocycles. The van der Waals surface area contributed by atoms with Crippen molar-refractivity contribution >= 4 is 10.5 Å². The summed E-state index contributed by atoms with van der Waals surface area (Å²) in [5.41, 5.74) is 1.44. The Morgan fingerprint density at radius 2 is 1.83 bits per heavy atom. The first-order valence-corrected chi connectivity index (χ1v) is 5.28. The van der Waals surface area contributed by atoms with E-state index in [1.54, 1.807) is 0 Å². The molecule has 0 radical (unpaired) electrons. The van der Waals surface area contributed by atoms with Crippen LogP contribution in [0.3, 0.4) is 0 Å². The molecule has 0 aliphatic carbocycles. The summed E-state index contributed by atoms with van der Waals surface area (Å²) >= 11 is 0. The van der Waals surface area contributed by atoms with Crippen LogP contribution in [0.2, 0.25) is 0 Å². The van der Waals surface area contributed by atoms with Crippen molar-refractivity contribution in [2.75, 3.05) is 6.61 Å². The van der Waals surface area contributed by atoms with Crippen molar-refractivity contribution in [3.8, 4) is 0 Å². The van der Waals surface area contributed by atoms with E-state index in [0.717, 1.165) is 17.1 Å². The maximum atomic E-state index is 5.12. The van der Waals surface area contributed by atoms with Gasteiger partial charge in [-0.2, -0.15) is 0 Å². The van der Waals surface area contributed by atoms with Crippen LogP contribution >= 0.6 is 0 Å². The number of hydrogen-bond acceptors (Lipinski definition) is 1. The lowest BCUT2D eigenvalue weighted by Crippen LogP contribution is -1.91. The van der Waals surface area contributed by atoms with E-state index in [9.17, 15) is 0 Å². The van der Waals surface area contributed by atoms with Crippen LogP contribution in [0.4, 0.5) is 0 Å². The standard InChI is InChI=1S/C10H16OSi/c12-11-9-5-4-8-10-6-2-1-3-7-10/h1-3,6-7H,4-5,8-9H2,12H3. The molecule has 1 aromatic carbocycles. The summed E-state index contributed by atoms with van der Waals surface area (Å²) in [7, 11) is 0.876. The highest BCUT2D eigenvalue weighted by molar-refractivity contribution is 5.97. The highest BCUT2D eigenvalue weighted by Gasteiger charge is 1.90. The predicted octanol–water partition coefficient (Wildman–Crippen LogP) is 1.31. The van der Waals surface area contributed by atoms with Gasteiger partial charge in [-0.15, -0.1) is 0 Å². The lowest BCUT2D eigenvalue weighted by atomic mass is 10.1. The second-order valence-corrected chi connectivity index (χ2v) is 3.51. The van der Waals surface area contributed by atoms with Crippen LogP contribution < -0.4 is 0 Å². The zero-order valence-corrected chi connectivity index (χ0v) is 9.62. The smallest absolute Gasteiger partial charge is 0.145 e. The van der Waals surface area contributed by atoms with Gasteiger partial charge in [0.15, 0.2) is 0 Å². The fourth-order valence-electron chi connectivity index (χ4n) is 1.22. The van der Waals surface area contributed by atoms with Crippen LogP contribution in [0.1, 0.15) is 18.4 Å². The fraction of sp³-hybridized carbons (Fsp3) is 0.400. The van der Waals surface area contributed by atoms with Crippen LogP contribution in [0.25, 0.3) is 0 Å². The molecule has 0 aromatic heterocycles. The molecule has 12 heavy (non-hydrogen) atoms. The first-order valence-electron chi connectivity index (χ1n) is 4.46. The minimum absolute atomic E-state index is 0.876. The second kappa shape index (κ2) is 5.97. The molecule has 0 spiro atoms. The Morgan fingerprint density at radius 1 is 1.08 bits per heavy atom. The monoisotopic (exact) mass is 180 g/mol. The summed E-state index contributed by atoms with van der Waals surface area (Å²) in [6.45, 7) is 0.944. The molecule has 0 heterocycles. The molecule has 0 atom stereocenters. The van der Waals surface area contributed by atoms with Gasteiger partial charge in [-0.3, -0.25) is 0 Å². The van der Waals surface area contributed by atoms with Crippen molar-refractivity contribution in [1.82, 2.24) is 0 Å². The third-order valence-electron chi connectivity index (χ3n) is 1.91. The first-order chi connectivity index (χ1) is 5.93. The first kappa shape index (κ1) is 9.48. The van der Waals surface area contributed by atoms with E-state index in [1.807, 2.05) is 0 Å². The van der Waals surface area contributed by atoms with Crippen molar-refractivity contribution < 1.29 is 4.43 Å². The molecule has 0 unspecified atom stereocenters. The van der Waals surface area contributed by atoms with Gasteiger partial charge in [-0.1, -0.05) is 30.3 Å². The molecule has 2 heteroatoms. The van der Waals surface area contributed by atoms with E-state index >= 15 is 0 Å². The summed E-state index contributed by atoms with van der Waals surface area (Å²) in [5, 5.41) is 0. The summed E-state index contributed by atoms with van der Waals surface area (Å²) < 4.78 is 5.12. The topological polar surface area (TPSA) is 9.23 Å². The van der Waals surface area contributed by atoms with E-state index in [4.69, 9.17) is 4.43 Å². The average Bonchev–Trinajstić information content (AvgIpc) is 2.14. The van der Waals surface area contributed by atoms with Crippen molar-refractivity contribution in [2.45, 2.75) is 19.3 Å². The van der Waals surface area contributed by atoms with Crippen LogP contribution in [-0.4, -0.2) is 17.1 Å². The third-order valence-corrected chi connectivity index (χ3v) is 2.31. The molecule has 1 aromatic rings. The van der Waals surface area contributed by atoms with E-state index in [2.05, 4.69) is 30.3 Å². The van der Waals surface area contributed by atoms with Crippen molar-refractivity contribution in [2.24, 2.45) is 0 Å². The molecule has 0 aliphatic rings. The number of aryl methyl sites for hydroxylation is 1. The summed E-state index contributed by atoms with van der Waals surface area (Å²) in [6, 6.07) is 10.6. The Balaban J connectivity index is 2.16. The van der Waals surface area contributed by atoms with Gasteiger partial charge >= 0.3 is 0 Å². The Kier molecular flexibility index (Phi) is 4.72. The second-order valence-electron chi connectivity index (χ2n) is 2.94. The molecule has 0 N–H and O–H groups in total. The number of rotatable bonds is 5. The quantitative estimate of drug-likeness (QED) is 0.490. The number of benzene rings is 1. The lowest BCUT2D eigenvalue weighted by Gasteiger charge is -2.00. The summed E-state index contributed by atoms with van der Waals surface area (Å²) in [6.07, 6.45) is 3.62. The predicted molar refractivity (Wildman–Crippen MR) is 55.3 cm³/mol. The van der Waals surface area contributed by atoms with E-state index in [1.165, 1.54) is 24.8 Å². The van der Waals surface area contributed by atoms with Gasteiger partial charge in [0.1, 0.15) is 10.5 Å². The molecule has 1 rings (SSSR count). The SMILES string of the molecule is [SiH3]OCCCCc1ccccc1. The van der Waals surface area contributed by atoms with Crippen LogP contribution in [0.15, 0.2) is 30.3 Å². The van der Waals surface area contributed by atoms with Crippen LogP contribution in [0, 0.1) is 0 Å². The Bertz CT molecular complexity index is 198. The van der Waals surface area contributed by atoms with Gasteiger partial charge in [-0.05, 0) is 24.8 Å². The van der Waals surface area contributed by atoms with E-state index in [-0.39, 0.29) is 0 Å². The van der Waals surface area contributed by atoms with Crippen molar-refractivity contribution in [3.63, 3.8) is 0 Å². The van der Waals surface area contributed by atoms with Crippen molar-refractivity contribution in [3.05, 3.63) is 35.9 Å². The van der Waals surface area contributed by atoms with Gasteiger partial charge in [0, 0.05) is 6.61 Å². The zero-order valence-electron chi connectivity index (χ0n) is 7.62. The molecular formula is C10H16OSi. The van der Waals surface area contributed by atoms with E-state index in [0.29, 0.717) is 0 Å². The Morgan fingerprint density at radius 3 is 2.50 bits per heavy atom. The minimum atomic E-state index is 0.876. The molecule has 0 amide bonds. The van der Waals surface area contributed by atoms with Crippen LogP contribution in [-0.2, 0) is 10.8 Å². The Labute approximate surface area is 77.3 Å². The number of hydrogen-bond donors (Lipinski definition) is 0. The summed E-state index contributed by atoms with van der Waals surface area (Å²) in [4.78, 5) is 0. The zero-order chi connectivity index (χ0) is 8.65. The maximum Gasteiger partial charge on any atom is 0.145 e. The van der Waals surface area contributed by atoms with Gasteiger partial charge < -0.3 is 4.43 Å². The third kappa shape index (κ3) is 3.69. The minimum Gasteiger partial charge on any atom is -0.428 e. The average molecular weight is 180 g/mol.